The summed E-state index contributed by atoms with van der Waals surface area (Å²) in [5, 5.41) is 0. The van der Waals surface area contributed by atoms with Crippen LogP contribution in [0.25, 0.3) is 0 Å². The molecule has 0 saturated carbocycles. The summed E-state index contributed by atoms with van der Waals surface area (Å²) in [4.78, 5) is 9.78. The topological polar surface area (TPSA) is 75.6 Å². The van der Waals surface area contributed by atoms with Gasteiger partial charge in [-0.05, 0) is 6.42 Å². The van der Waals surface area contributed by atoms with Crippen LogP contribution < -0.4 is 0 Å². The molecule has 0 unspecified atom stereocenters. The molecule has 0 radical (unpaired) electrons. The van der Waals surface area contributed by atoms with E-state index in [1.54, 1.807) is 7.11 Å². The Balaban J connectivity index is 3.17. The fraction of sp³-hybridized carbons (Fsp3) is 1.00. The molecule has 122 valence electrons. The van der Waals surface area contributed by atoms with Gasteiger partial charge in [0.1, 0.15) is 0 Å². The molecule has 0 aliphatic rings. The third kappa shape index (κ3) is 11.7. The van der Waals surface area contributed by atoms with Gasteiger partial charge in [0.25, 0.3) is 0 Å². The van der Waals surface area contributed by atoms with Gasteiger partial charge in [0.15, 0.2) is 0 Å². The molecule has 7 nitrogen and oxygen atoms in total. The van der Waals surface area contributed by atoms with Gasteiger partial charge < -0.3 is 32.6 Å². The molecule has 0 atom stereocenters. The maximum Gasteiger partial charge on any atom is 0.497 e. The molecular weight excluding hydrogens is 284 g/mol. The molecule has 20 heavy (non-hydrogen) atoms. The standard InChI is InChI=1S/C12H28O7Si/c1-14-6-7-18-10-11-19-9-8-17-5-4-12-20(13,15-2)16-3/h13H,4-12H2,1-3H3. The van der Waals surface area contributed by atoms with E-state index >= 15 is 0 Å². The van der Waals surface area contributed by atoms with E-state index in [0.29, 0.717) is 58.7 Å². The van der Waals surface area contributed by atoms with Crippen molar-refractivity contribution in [2.75, 3.05) is 67.6 Å². The van der Waals surface area contributed by atoms with Gasteiger partial charge in [0.05, 0.1) is 39.6 Å². The minimum Gasteiger partial charge on any atom is -0.390 e. The molecule has 0 aromatic heterocycles. The second kappa shape index (κ2) is 13.9. The third-order valence-corrected chi connectivity index (χ3v) is 4.86. The van der Waals surface area contributed by atoms with Gasteiger partial charge in [-0.25, -0.2) is 0 Å². The van der Waals surface area contributed by atoms with Crippen LogP contribution in [0.5, 0.6) is 0 Å². The Hall–Kier alpha value is -0.0631. The molecule has 0 saturated heterocycles. The predicted molar refractivity (Wildman–Crippen MR) is 75.7 cm³/mol. The van der Waals surface area contributed by atoms with Gasteiger partial charge in [0.2, 0.25) is 0 Å². The van der Waals surface area contributed by atoms with Crippen molar-refractivity contribution in [1.82, 2.24) is 0 Å². The van der Waals surface area contributed by atoms with Crippen molar-refractivity contribution in [3.05, 3.63) is 0 Å². The second-order valence-corrected chi connectivity index (χ2v) is 6.80. The molecule has 1 N–H and O–H groups in total. The van der Waals surface area contributed by atoms with E-state index in [4.69, 9.17) is 27.8 Å². The summed E-state index contributed by atoms with van der Waals surface area (Å²) < 4.78 is 30.7. The predicted octanol–water partition coefficient (Wildman–Crippen LogP) is 0.297. The van der Waals surface area contributed by atoms with Crippen molar-refractivity contribution in [1.29, 1.82) is 0 Å². The number of methoxy groups -OCH3 is 1. The lowest BCUT2D eigenvalue weighted by Gasteiger charge is -2.19. The van der Waals surface area contributed by atoms with Crippen molar-refractivity contribution in [3.8, 4) is 0 Å². The quantitative estimate of drug-likeness (QED) is 0.344. The highest BCUT2D eigenvalue weighted by Crippen LogP contribution is 2.10. The van der Waals surface area contributed by atoms with Crippen molar-refractivity contribution < 1.29 is 32.6 Å². The van der Waals surface area contributed by atoms with Crippen LogP contribution in [0.3, 0.4) is 0 Å². The first-order chi connectivity index (χ1) is 9.68. The van der Waals surface area contributed by atoms with E-state index in [2.05, 4.69) is 0 Å². The molecule has 8 heteroatoms. The maximum absolute atomic E-state index is 9.78. The average molecular weight is 312 g/mol. The van der Waals surface area contributed by atoms with Gasteiger partial charge in [-0.3, -0.25) is 0 Å². The SMILES string of the molecule is COCCOCCOCCOCCC[Si](O)(OC)OC. The Kier molecular flexibility index (Phi) is 13.9. The number of hydrogen-bond acceptors (Lipinski definition) is 7. The van der Waals surface area contributed by atoms with Crippen molar-refractivity contribution in [2.45, 2.75) is 12.5 Å². The molecule has 0 aromatic rings. The van der Waals surface area contributed by atoms with E-state index < -0.39 is 8.80 Å². The average Bonchev–Trinajstić information content (AvgIpc) is 2.48. The molecule has 0 bridgehead atoms. The summed E-state index contributed by atoms with van der Waals surface area (Å²) in [6.07, 6.45) is 0.699. The molecule has 0 rings (SSSR count). The minimum absolute atomic E-state index is 0.494. The normalized spacial score (nSPS) is 12.0. The largest absolute Gasteiger partial charge is 0.497 e. The van der Waals surface area contributed by atoms with Crippen LogP contribution in [0.4, 0.5) is 0 Å². The monoisotopic (exact) mass is 312 g/mol. The lowest BCUT2D eigenvalue weighted by Crippen LogP contribution is -2.40. The molecule has 0 fully saturated rings. The number of hydrogen-bond donors (Lipinski definition) is 1. The first kappa shape index (κ1) is 19.9. The molecule has 0 aromatic carbocycles. The maximum atomic E-state index is 9.78. The zero-order valence-corrected chi connectivity index (χ0v) is 13.8. The van der Waals surface area contributed by atoms with Gasteiger partial charge in [-0.15, -0.1) is 0 Å². The molecule has 0 aliphatic heterocycles. The van der Waals surface area contributed by atoms with Crippen LogP contribution >= 0.6 is 0 Å². The van der Waals surface area contributed by atoms with Gasteiger partial charge in [-0.1, -0.05) is 0 Å². The van der Waals surface area contributed by atoms with E-state index in [1.165, 1.54) is 14.2 Å². The fourth-order valence-electron chi connectivity index (χ4n) is 1.37. The minimum atomic E-state index is -2.93. The fourth-order valence-corrected chi connectivity index (χ4v) is 2.54. The van der Waals surface area contributed by atoms with Crippen LogP contribution in [-0.2, 0) is 27.8 Å². The highest BCUT2D eigenvalue weighted by molar-refractivity contribution is 6.59. The molecule has 0 aliphatic carbocycles. The second-order valence-electron chi connectivity index (χ2n) is 4.05. The van der Waals surface area contributed by atoms with Crippen molar-refractivity contribution in [3.63, 3.8) is 0 Å². The summed E-state index contributed by atoms with van der Waals surface area (Å²) in [7, 11) is 1.62. The van der Waals surface area contributed by atoms with E-state index in [0.717, 1.165) is 0 Å². The Bertz CT molecular complexity index is 202. The molecule has 0 amide bonds. The van der Waals surface area contributed by atoms with E-state index in [-0.39, 0.29) is 0 Å². The Morgan fingerprint density at radius 2 is 1.15 bits per heavy atom. The molecule has 0 spiro atoms. The van der Waals surface area contributed by atoms with Gasteiger partial charge in [-0.2, -0.15) is 0 Å². The van der Waals surface area contributed by atoms with Crippen LogP contribution in [0.1, 0.15) is 6.42 Å². The Morgan fingerprint density at radius 3 is 1.60 bits per heavy atom. The summed E-state index contributed by atoms with van der Waals surface area (Å²) in [5.74, 6) is 0. The van der Waals surface area contributed by atoms with E-state index in [1.807, 2.05) is 0 Å². The summed E-state index contributed by atoms with van der Waals surface area (Å²) in [6, 6.07) is 0.494. The van der Waals surface area contributed by atoms with Crippen LogP contribution in [0.15, 0.2) is 0 Å². The number of ether oxygens (including phenoxy) is 4. The zero-order valence-electron chi connectivity index (χ0n) is 12.8. The lowest BCUT2D eigenvalue weighted by atomic mass is 10.5. The third-order valence-electron chi connectivity index (χ3n) is 2.60. The summed E-state index contributed by atoms with van der Waals surface area (Å²) in [5.41, 5.74) is 0. The first-order valence-electron chi connectivity index (χ1n) is 6.73. The van der Waals surface area contributed by atoms with Gasteiger partial charge in [0, 0.05) is 34.0 Å². The van der Waals surface area contributed by atoms with Crippen LogP contribution in [-0.4, -0.2) is 81.2 Å². The van der Waals surface area contributed by atoms with Gasteiger partial charge >= 0.3 is 8.80 Å². The summed E-state index contributed by atoms with van der Waals surface area (Å²) >= 11 is 0. The summed E-state index contributed by atoms with van der Waals surface area (Å²) in [6.45, 7) is 3.90. The molecular formula is C12H28O7Si. The number of rotatable bonds is 15. The lowest BCUT2D eigenvalue weighted by molar-refractivity contribution is 0.00339. The Labute approximate surface area is 122 Å². The van der Waals surface area contributed by atoms with Crippen LogP contribution in [0.2, 0.25) is 6.04 Å². The highest BCUT2D eigenvalue weighted by Gasteiger charge is 2.33. The van der Waals surface area contributed by atoms with Crippen molar-refractivity contribution >= 4 is 8.80 Å². The molecule has 0 heterocycles. The highest BCUT2D eigenvalue weighted by atomic mass is 28.4. The van der Waals surface area contributed by atoms with Crippen molar-refractivity contribution in [2.24, 2.45) is 0 Å². The van der Waals surface area contributed by atoms with E-state index in [9.17, 15) is 4.80 Å². The first-order valence-corrected chi connectivity index (χ1v) is 8.70. The zero-order chi connectivity index (χ0) is 15.1. The Morgan fingerprint density at radius 1 is 0.700 bits per heavy atom. The van der Waals surface area contributed by atoms with Crippen LogP contribution in [0, 0.1) is 0 Å². The smallest absolute Gasteiger partial charge is 0.390 e.